The highest BCUT2D eigenvalue weighted by molar-refractivity contribution is 7.09. The minimum atomic E-state index is 0.0598. The van der Waals surface area contributed by atoms with Crippen molar-refractivity contribution in [1.82, 2.24) is 15.5 Å². The second-order valence-electron chi connectivity index (χ2n) is 3.88. The van der Waals surface area contributed by atoms with E-state index >= 15 is 0 Å². The van der Waals surface area contributed by atoms with Crippen LogP contribution in [0.3, 0.4) is 0 Å². The number of thiophene rings is 1. The van der Waals surface area contributed by atoms with Gasteiger partial charge in [0.1, 0.15) is 0 Å². The molecule has 1 unspecified atom stereocenters. The zero-order chi connectivity index (χ0) is 11.5. The molecule has 0 saturated carbocycles. The first kappa shape index (κ1) is 10.9. The van der Waals surface area contributed by atoms with Gasteiger partial charge in [0.05, 0.1) is 25.7 Å². The summed E-state index contributed by atoms with van der Waals surface area (Å²) in [6, 6.07) is 4.15. The average Bonchev–Trinajstić information content (AvgIpc) is 3.02. The molecule has 1 N–H and O–H groups in total. The van der Waals surface area contributed by atoms with Crippen LogP contribution in [0.15, 0.2) is 22.0 Å². The molecular weight excluding hydrogens is 238 g/mol. The maximum Gasteiger partial charge on any atom is 0.231 e. The molecule has 1 atom stereocenters. The molecule has 3 rings (SSSR count). The zero-order valence-corrected chi connectivity index (χ0v) is 10.1. The molecule has 3 heterocycles. The number of aromatic nitrogens is 2. The zero-order valence-electron chi connectivity index (χ0n) is 9.26. The van der Waals surface area contributed by atoms with Crippen LogP contribution in [0.5, 0.6) is 0 Å². The standard InChI is InChI=1S/C11H13N3O2S/c1-2-8(17-5-1)6-10-13-11(14-16-10)9-7-15-4-3-12-9/h1-2,5,9,12H,3-4,6-7H2. The van der Waals surface area contributed by atoms with Gasteiger partial charge in [-0.2, -0.15) is 4.98 Å². The Labute approximate surface area is 103 Å². The lowest BCUT2D eigenvalue weighted by atomic mass is 10.2. The number of hydrogen-bond acceptors (Lipinski definition) is 6. The third-order valence-corrected chi connectivity index (χ3v) is 3.50. The molecule has 1 fully saturated rings. The largest absolute Gasteiger partial charge is 0.378 e. The summed E-state index contributed by atoms with van der Waals surface area (Å²) in [5.41, 5.74) is 0. The summed E-state index contributed by atoms with van der Waals surface area (Å²) in [6.07, 6.45) is 0.707. The molecule has 2 aromatic heterocycles. The lowest BCUT2D eigenvalue weighted by molar-refractivity contribution is 0.0734. The van der Waals surface area contributed by atoms with Crippen LogP contribution < -0.4 is 5.32 Å². The Morgan fingerprint density at radius 3 is 3.29 bits per heavy atom. The van der Waals surface area contributed by atoms with Crippen LogP contribution in [0.25, 0.3) is 0 Å². The van der Waals surface area contributed by atoms with Crippen LogP contribution in [-0.4, -0.2) is 29.9 Å². The van der Waals surface area contributed by atoms with Crippen LogP contribution >= 0.6 is 11.3 Å². The highest BCUT2D eigenvalue weighted by atomic mass is 32.1. The van der Waals surface area contributed by atoms with Gasteiger partial charge < -0.3 is 14.6 Å². The maximum atomic E-state index is 5.37. The Hall–Kier alpha value is -1.24. The minimum Gasteiger partial charge on any atom is -0.378 e. The summed E-state index contributed by atoms with van der Waals surface area (Å²) in [6.45, 7) is 2.19. The Morgan fingerprint density at radius 1 is 1.53 bits per heavy atom. The van der Waals surface area contributed by atoms with Gasteiger partial charge in [-0.1, -0.05) is 11.2 Å². The molecule has 0 aliphatic carbocycles. The van der Waals surface area contributed by atoms with Gasteiger partial charge in [0.15, 0.2) is 5.82 Å². The number of ether oxygens (including phenoxy) is 1. The van der Waals surface area contributed by atoms with Gasteiger partial charge in [-0.15, -0.1) is 11.3 Å². The molecule has 5 nitrogen and oxygen atoms in total. The van der Waals surface area contributed by atoms with E-state index in [-0.39, 0.29) is 6.04 Å². The predicted molar refractivity (Wildman–Crippen MR) is 63.0 cm³/mol. The predicted octanol–water partition coefficient (Wildman–Crippen LogP) is 1.38. The van der Waals surface area contributed by atoms with E-state index in [1.165, 1.54) is 4.88 Å². The van der Waals surface area contributed by atoms with Gasteiger partial charge in [0.25, 0.3) is 0 Å². The van der Waals surface area contributed by atoms with Crippen molar-refractivity contribution in [3.63, 3.8) is 0 Å². The lowest BCUT2D eigenvalue weighted by Crippen LogP contribution is -2.35. The second kappa shape index (κ2) is 4.95. The number of nitrogens with zero attached hydrogens (tertiary/aromatic N) is 2. The van der Waals surface area contributed by atoms with Crippen LogP contribution in [-0.2, 0) is 11.2 Å². The normalized spacial score (nSPS) is 20.6. The van der Waals surface area contributed by atoms with E-state index in [0.717, 1.165) is 13.2 Å². The summed E-state index contributed by atoms with van der Waals surface area (Å²) in [5.74, 6) is 1.35. The molecule has 17 heavy (non-hydrogen) atoms. The smallest absolute Gasteiger partial charge is 0.231 e. The molecule has 1 saturated heterocycles. The van der Waals surface area contributed by atoms with E-state index in [9.17, 15) is 0 Å². The average molecular weight is 251 g/mol. The van der Waals surface area contributed by atoms with Gasteiger partial charge in [-0.25, -0.2) is 0 Å². The molecule has 1 aliphatic rings. The third kappa shape index (κ3) is 2.54. The second-order valence-corrected chi connectivity index (χ2v) is 4.92. The first-order valence-electron chi connectivity index (χ1n) is 5.58. The van der Waals surface area contributed by atoms with Crippen molar-refractivity contribution in [1.29, 1.82) is 0 Å². The molecule has 0 spiro atoms. The molecule has 2 aromatic rings. The fourth-order valence-electron chi connectivity index (χ4n) is 1.77. The summed E-state index contributed by atoms with van der Waals surface area (Å²) in [4.78, 5) is 5.62. The highest BCUT2D eigenvalue weighted by Crippen LogP contribution is 2.16. The molecule has 6 heteroatoms. The van der Waals surface area contributed by atoms with E-state index in [0.29, 0.717) is 24.7 Å². The van der Waals surface area contributed by atoms with Crippen LogP contribution in [0.1, 0.15) is 22.6 Å². The van der Waals surface area contributed by atoms with Crippen molar-refractivity contribution < 1.29 is 9.26 Å². The first-order valence-corrected chi connectivity index (χ1v) is 6.46. The van der Waals surface area contributed by atoms with E-state index in [2.05, 4.69) is 21.5 Å². The van der Waals surface area contributed by atoms with Crippen molar-refractivity contribution in [2.45, 2.75) is 12.5 Å². The molecular formula is C11H13N3O2S. The Morgan fingerprint density at radius 2 is 2.53 bits per heavy atom. The fourth-order valence-corrected chi connectivity index (χ4v) is 2.47. The quantitative estimate of drug-likeness (QED) is 0.893. The highest BCUT2D eigenvalue weighted by Gasteiger charge is 2.20. The van der Waals surface area contributed by atoms with E-state index < -0.39 is 0 Å². The Bertz CT molecular complexity index is 463. The summed E-state index contributed by atoms with van der Waals surface area (Å²) >= 11 is 1.69. The SMILES string of the molecule is c1csc(Cc2nc(C3COCCN3)no2)c1. The van der Waals surface area contributed by atoms with Gasteiger partial charge in [0, 0.05) is 11.4 Å². The van der Waals surface area contributed by atoms with E-state index in [4.69, 9.17) is 9.26 Å². The fraction of sp³-hybridized carbons (Fsp3) is 0.455. The number of nitrogens with one attached hydrogen (secondary N) is 1. The van der Waals surface area contributed by atoms with E-state index in [1.807, 2.05) is 11.4 Å². The van der Waals surface area contributed by atoms with Crippen LogP contribution in [0.2, 0.25) is 0 Å². The molecule has 90 valence electrons. The number of hydrogen-bond donors (Lipinski definition) is 1. The van der Waals surface area contributed by atoms with E-state index in [1.54, 1.807) is 11.3 Å². The van der Waals surface area contributed by atoms with Gasteiger partial charge in [0.2, 0.25) is 5.89 Å². The Balaban J connectivity index is 1.69. The topological polar surface area (TPSA) is 60.2 Å². The molecule has 0 bridgehead atoms. The van der Waals surface area contributed by atoms with Crippen molar-refractivity contribution in [2.75, 3.05) is 19.8 Å². The van der Waals surface area contributed by atoms with Crippen LogP contribution in [0, 0.1) is 0 Å². The molecule has 0 radical (unpaired) electrons. The van der Waals surface area contributed by atoms with Crippen molar-refractivity contribution >= 4 is 11.3 Å². The van der Waals surface area contributed by atoms with Crippen LogP contribution in [0.4, 0.5) is 0 Å². The van der Waals surface area contributed by atoms with Crippen molar-refractivity contribution in [3.05, 3.63) is 34.1 Å². The molecule has 0 aromatic carbocycles. The first-order chi connectivity index (χ1) is 8.42. The summed E-state index contributed by atoms with van der Waals surface area (Å²) < 4.78 is 10.6. The van der Waals surface area contributed by atoms with Gasteiger partial charge in [-0.3, -0.25) is 0 Å². The molecule has 1 aliphatic heterocycles. The monoisotopic (exact) mass is 251 g/mol. The number of rotatable bonds is 3. The Kier molecular flexibility index (Phi) is 3.17. The van der Waals surface area contributed by atoms with Crippen molar-refractivity contribution in [3.8, 4) is 0 Å². The number of morpholine rings is 1. The van der Waals surface area contributed by atoms with Crippen molar-refractivity contribution in [2.24, 2.45) is 0 Å². The molecule has 0 amide bonds. The van der Waals surface area contributed by atoms with Gasteiger partial charge >= 0.3 is 0 Å². The minimum absolute atomic E-state index is 0.0598. The summed E-state index contributed by atoms with van der Waals surface area (Å²) in [7, 11) is 0. The summed E-state index contributed by atoms with van der Waals surface area (Å²) in [5, 5.41) is 9.34. The van der Waals surface area contributed by atoms with Gasteiger partial charge in [-0.05, 0) is 11.4 Å². The third-order valence-electron chi connectivity index (χ3n) is 2.62. The maximum absolute atomic E-state index is 5.37. The lowest BCUT2D eigenvalue weighted by Gasteiger charge is -2.20.